The lowest BCUT2D eigenvalue weighted by molar-refractivity contribution is 0.660. The van der Waals surface area contributed by atoms with Gasteiger partial charge in [0, 0.05) is 32.9 Å². The van der Waals surface area contributed by atoms with Crippen LogP contribution in [0, 0.1) is 0 Å². The molecule has 0 amide bonds. The van der Waals surface area contributed by atoms with Crippen molar-refractivity contribution < 1.29 is 4.42 Å². The van der Waals surface area contributed by atoms with E-state index in [2.05, 4.69) is 183 Å². The molecule has 4 heteroatoms. The highest BCUT2D eigenvalue weighted by molar-refractivity contribution is 6.23. The molecule has 1 atom stereocenters. The van der Waals surface area contributed by atoms with Crippen molar-refractivity contribution >= 4 is 44.4 Å². The Bertz CT molecular complexity index is 3080. The Balaban J connectivity index is 1.14. The maximum atomic E-state index is 6.87. The molecule has 2 heterocycles. The fourth-order valence-corrected chi connectivity index (χ4v) is 8.87. The van der Waals surface area contributed by atoms with Crippen molar-refractivity contribution in [2.45, 2.75) is 25.4 Å². The number of hydrogen-bond acceptors (Lipinski definition) is 4. The summed E-state index contributed by atoms with van der Waals surface area (Å²) in [5, 5.41) is 8.26. The lowest BCUT2D eigenvalue weighted by atomic mass is 9.81. The van der Waals surface area contributed by atoms with Gasteiger partial charge in [-0.3, -0.25) is 0 Å². The van der Waals surface area contributed by atoms with Gasteiger partial charge in [-0.05, 0) is 85.6 Å². The highest BCUT2D eigenvalue weighted by atomic mass is 16.3. The number of fused-ring (bicyclic) bond motifs is 8. The number of rotatable bonds is 5. The summed E-state index contributed by atoms with van der Waals surface area (Å²) in [4.78, 5) is 10.6. The smallest absolute Gasteiger partial charge is 0.159 e. The van der Waals surface area contributed by atoms with Crippen LogP contribution in [0.1, 0.15) is 47.8 Å². The van der Waals surface area contributed by atoms with Crippen molar-refractivity contribution in [2.75, 3.05) is 0 Å². The highest BCUT2D eigenvalue weighted by Gasteiger charge is 2.35. The SMILES string of the molecule is CC1(C)c2ccccc2-c2ccc(-c3cc(C4=NC(c5cccc(-c6ccccc6)c5)=NC(c5ccccc5)N4)cc4c3oc3ccc5ccccc5c34)cc21. The van der Waals surface area contributed by atoms with Crippen molar-refractivity contribution in [3.8, 4) is 33.4 Å². The number of nitrogens with one attached hydrogen (secondary N) is 1. The summed E-state index contributed by atoms with van der Waals surface area (Å²) in [5.41, 5.74) is 14.3. The monoisotopic (exact) mass is 719 g/mol. The normalized spacial score (nSPS) is 15.6. The molecule has 1 unspecified atom stereocenters. The Morgan fingerprint density at radius 3 is 2.12 bits per heavy atom. The fourth-order valence-electron chi connectivity index (χ4n) is 8.87. The van der Waals surface area contributed by atoms with Gasteiger partial charge < -0.3 is 9.73 Å². The molecule has 1 N–H and O–H groups in total. The van der Waals surface area contributed by atoms with Crippen LogP contribution in [0.3, 0.4) is 0 Å². The molecule has 0 fully saturated rings. The Labute approximate surface area is 325 Å². The van der Waals surface area contributed by atoms with Gasteiger partial charge in [0.2, 0.25) is 0 Å². The lowest BCUT2D eigenvalue weighted by Gasteiger charge is -2.24. The van der Waals surface area contributed by atoms with E-state index in [1.807, 2.05) is 12.1 Å². The summed E-state index contributed by atoms with van der Waals surface area (Å²) in [7, 11) is 0. The molecule has 11 rings (SSSR count). The van der Waals surface area contributed by atoms with E-state index in [4.69, 9.17) is 14.4 Å². The standard InChI is InChI=1S/C52H37N3O/c1-52(2)44-23-12-11-22-40(44)41-26-24-36(31-45(41)52)42-29-38(30-43-47-39-21-10-9-16-33(39)25-27-46(47)56-48(42)43)51-54-49(34-17-7-4-8-18-34)53-50(55-51)37-20-13-19-35(28-37)32-14-5-3-6-15-32/h3-31,49H,1-2H3,(H,53,54,55). The molecule has 0 saturated carbocycles. The summed E-state index contributed by atoms with van der Waals surface area (Å²) >= 11 is 0. The van der Waals surface area contributed by atoms with E-state index in [1.54, 1.807) is 0 Å². The Morgan fingerprint density at radius 1 is 0.518 bits per heavy atom. The van der Waals surface area contributed by atoms with E-state index in [0.717, 1.165) is 72.1 Å². The van der Waals surface area contributed by atoms with Crippen LogP contribution in [0.2, 0.25) is 0 Å². The topological polar surface area (TPSA) is 49.9 Å². The van der Waals surface area contributed by atoms with Crippen molar-refractivity contribution in [1.82, 2.24) is 5.32 Å². The van der Waals surface area contributed by atoms with Crippen molar-refractivity contribution in [1.29, 1.82) is 0 Å². The summed E-state index contributed by atoms with van der Waals surface area (Å²) in [5.74, 6) is 1.45. The molecule has 4 nitrogen and oxygen atoms in total. The molecule has 1 aliphatic heterocycles. The van der Waals surface area contributed by atoms with Crippen molar-refractivity contribution in [3.05, 3.63) is 204 Å². The molecule has 0 spiro atoms. The largest absolute Gasteiger partial charge is 0.455 e. The van der Waals surface area contributed by atoms with Crippen LogP contribution in [-0.2, 0) is 5.41 Å². The van der Waals surface area contributed by atoms with Crippen LogP contribution in [0.4, 0.5) is 0 Å². The molecule has 0 saturated heterocycles. The second-order valence-electron chi connectivity index (χ2n) is 15.4. The van der Waals surface area contributed by atoms with Gasteiger partial charge >= 0.3 is 0 Å². The Morgan fingerprint density at radius 2 is 1.25 bits per heavy atom. The Kier molecular flexibility index (Phi) is 7.23. The van der Waals surface area contributed by atoms with Gasteiger partial charge in [0.15, 0.2) is 5.84 Å². The van der Waals surface area contributed by atoms with Gasteiger partial charge in [-0.2, -0.15) is 0 Å². The summed E-state index contributed by atoms with van der Waals surface area (Å²) in [6.07, 6.45) is -0.334. The lowest BCUT2D eigenvalue weighted by Crippen LogP contribution is -2.33. The second-order valence-corrected chi connectivity index (χ2v) is 15.4. The molecular formula is C52H37N3O. The first-order chi connectivity index (χ1) is 27.5. The quantitative estimate of drug-likeness (QED) is 0.192. The molecule has 2 aliphatic rings. The van der Waals surface area contributed by atoms with E-state index in [9.17, 15) is 0 Å². The maximum absolute atomic E-state index is 6.87. The van der Waals surface area contributed by atoms with E-state index in [-0.39, 0.29) is 11.6 Å². The van der Waals surface area contributed by atoms with E-state index >= 15 is 0 Å². The zero-order valence-electron chi connectivity index (χ0n) is 31.1. The molecule has 266 valence electrons. The maximum Gasteiger partial charge on any atom is 0.159 e. The molecule has 0 radical (unpaired) electrons. The van der Waals surface area contributed by atoms with E-state index in [0.29, 0.717) is 5.84 Å². The van der Waals surface area contributed by atoms with Crippen LogP contribution in [-0.4, -0.2) is 11.7 Å². The summed E-state index contributed by atoms with van der Waals surface area (Å²) in [6, 6.07) is 62.5. The van der Waals surface area contributed by atoms with E-state index < -0.39 is 0 Å². The van der Waals surface area contributed by atoms with Gasteiger partial charge in [-0.1, -0.05) is 159 Å². The van der Waals surface area contributed by atoms with Crippen LogP contribution < -0.4 is 5.32 Å². The van der Waals surface area contributed by atoms with Crippen LogP contribution in [0.15, 0.2) is 190 Å². The molecule has 8 aromatic carbocycles. The number of aliphatic imine (C=N–C) groups is 2. The van der Waals surface area contributed by atoms with Crippen molar-refractivity contribution in [3.63, 3.8) is 0 Å². The number of hydrogen-bond donors (Lipinski definition) is 1. The van der Waals surface area contributed by atoms with Crippen LogP contribution in [0.5, 0.6) is 0 Å². The van der Waals surface area contributed by atoms with Gasteiger partial charge in [0.25, 0.3) is 0 Å². The predicted octanol–water partition coefficient (Wildman–Crippen LogP) is 12.9. The minimum absolute atomic E-state index is 0.139. The van der Waals surface area contributed by atoms with Crippen LogP contribution >= 0.6 is 0 Å². The highest BCUT2D eigenvalue weighted by Crippen LogP contribution is 2.50. The van der Waals surface area contributed by atoms with Crippen LogP contribution in [0.25, 0.3) is 66.1 Å². The number of furan rings is 1. The third-order valence-electron chi connectivity index (χ3n) is 11.7. The van der Waals surface area contributed by atoms with Crippen molar-refractivity contribution in [2.24, 2.45) is 9.98 Å². The summed E-state index contributed by atoms with van der Waals surface area (Å²) < 4.78 is 6.87. The zero-order chi connectivity index (χ0) is 37.4. The molecule has 56 heavy (non-hydrogen) atoms. The average molecular weight is 720 g/mol. The zero-order valence-corrected chi connectivity index (χ0v) is 31.1. The molecule has 0 bridgehead atoms. The molecular weight excluding hydrogens is 683 g/mol. The average Bonchev–Trinajstić information content (AvgIpc) is 3.76. The van der Waals surface area contributed by atoms with E-state index in [1.165, 1.54) is 27.6 Å². The second kappa shape index (κ2) is 12.5. The number of benzene rings is 8. The Hall–Kier alpha value is -7.04. The third kappa shape index (κ3) is 5.14. The third-order valence-corrected chi connectivity index (χ3v) is 11.7. The predicted molar refractivity (Wildman–Crippen MR) is 231 cm³/mol. The summed E-state index contributed by atoms with van der Waals surface area (Å²) in [6.45, 7) is 4.66. The first-order valence-electron chi connectivity index (χ1n) is 19.3. The molecule has 1 aromatic heterocycles. The van der Waals surface area contributed by atoms with Gasteiger partial charge in [0.1, 0.15) is 23.2 Å². The first-order valence-corrected chi connectivity index (χ1v) is 19.3. The number of nitrogens with zero attached hydrogens (tertiary/aromatic N) is 2. The minimum atomic E-state index is -0.334. The minimum Gasteiger partial charge on any atom is -0.455 e. The fraction of sp³-hybridized carbons (Fsp3) is 0.0769. The van der Waals surface area contributed by atoms with Gasteiger partial charge in [-0.25, -0.2) is 9.98 Å². The first kappa shape index (κ1) is 32.4. The number of amidine groups is 2. The molecule has 9 aromatic rings. The van der Waals surface area contributed by atoms with Gasteiger partial charge in [-0.15, -0.1) is 0 Å². The van der Waals surface area contributed by atoms with Gasteiger partial charge in [0.05, 0.1) is 0 Å². The molecule has 1 aliphatic carbocycles.